The highest BCUT2D eigenvalue weighted by Crippen LogP contribution is 2.07. The van der Waals surface area contributed by atoms with Crippen LogP contribution in [0.15, 0.2) is 24.3 Å². The zero-order valence-corrected chi connectivity index (χ0v) is 12.7. The third-order valence-electron chi connectivity index (χ3n) is 3.24. The molecule has 2 amide bonds. The molecule has 2 rings (SSSR count). The topological polar surface area (TPSA) is 73.9 Å². The Labute approximate surface area is 124 Å². The molecule has 1 heterocycles. The van der Waals surface area contributed by atoms with Crippen LogP contribution in [0.5, 0.6) is 0 Å². The third-order valence-corrected chi connectivity index (χ3v) is 3.24. The van der Waals surface area contributed by atoms with Crippen LogP contribution in [0.4, 0.5) is 4.79 Å². The van der Waals surface area contributed by atoms with Crippen LogP contribution in [-0.2, 0) is 19.5 Å². The van der Waals surface area contributed by atoms with Crippen molar-refractivity contribution in [3.63, 3.8) is 0 Å². The fourth-order valence-electron chi connectivity index (χ4n) is 1.98. The maximum atomic E-state index is 12.0. The van der Waals surface area contributed by atoms with Crippen LogP contribution >= 0.6 is 0 Å². The molecular formula is C15H21N5O. The number of benzene rings is 1. The molecule has 2 aromatic rings. The zero-order chi connectivity index (χ0) is 15.2. The number of hydrogen-bond acceptors (Lipinski definition) is 3. The van der Waals surface area contributed by atoms with Gasteiger partial charge < -0.3 is 10.2 Å². The molecule has 0 aliphatic carbocycles. The average molecular weight is 287 g/mol. The molecule has 0 spiro atoms. The Hall–Kier alpha value is -2.37. The smallest absolute Gasteiger partial charge is 0.317 e. The lowest BCUT2D eigenvalue weighted by molar-refractivity contribution is 0.206. The van der Waals surface area contributed by atoms with Crippen LogP contribution < -0.4 is 5.32 Å². The third kappa shape index (κ3) is 4.30. The number of carbonyl (C=O) groups is 1. The second-order valence-corrected chi connectivity index (χ2v) is 5.02. The quantitative estimate of drug-likeness (QED) is 0.883. The van der Waals surface area contributed by atoms with E-state index in [0.717, 1.165) is 17.8 Å². The van der Waals surface area contributed by atoms with Crippen molar-refractivity contribution in [3.8, 4) is 0 Å². The molecule has 1 aromatic carbocycles. The van der Waals surface area contributed by atoms with Crippen molar-refractivity contribution in [3.05, 3.63) is 47.0 Å². The van der Waals surface area contributed by atoms with Crippen molar-refractivity contribution in [2.45, 2.75) is 33.4 Å². The number of aromatic amines is 1. The van der Waals surface area contributed by atoms with Gasteiger partial charge in [0, 0.05) is 13.6 Å². The van der Waals surface area contributed by atoms with Gasteiger partial charge in [-0.2, -0.15) is 5.10 Å². The van der Waals surface area contributed by atoms with Gasteiger partial charge in [0.1, 0.15) is 5.82 Å². The molecule has 2 N–H and O–H groups in total. The van der Waals surface area contributed by atoms with E-state index >= 15 is 0 Å². The summed E-state index contributed by atoms with van der Waals surface area (Å²) in [4.78, 5) is 17.8. The molecule has 6 nitrogen and oxygen atoms in total. The number of carbonyl (C=O) groups excluding carboxylic acids is 1. The molecule has 0 bridgehead atoms. The summed E-state index contributed by atoms with van der Waals surface area (Å²) in [5.41, 5.74) is 2.41. The highest BCUT2D eigenvalue weighted by molar-refractivity contribution is 5.73. The Morgan fingerprint density at radius 1 is 1.29 bits per heavy atom. The minimum atomic E-state index is -0.142. The van der Waals surface area contributed by atoms with Gasteiger partial charge in [-0.15, -0.1) is 0 Å². The van der Waals surface area contributed by atoms with E-state index in [1.807, 2.05) is 6.92 Å². The molecule has 112 valence electrons. The predicted octanol–water partition coefficient (Wildman–Crippen LogP) is 2.02. The lowest BCUT2D eigenvalue weighted by Crippen LogP contribution is -2.36. The predicted molar refractivity (Wildman–Crippen MR) is 80.6 cm³/mol. The summed E-state index contributed by atoms with van der Waals surface area (Å²) < 4.78 is 0. The van der Waals surface area contributed by atoms with E-state index in [0.29, 0.717) is 18.9 Å². The van der Waals surface area contributed by atoms with E-state index in [1.165, 1.54) is 5.56 Å². The lowest BCUT2D eigenvalue weighted by Gasteiger charge is -2.17. The minimum Gasteiger partial charge on any atom is -0.331 e. The van der Waals surface area contributed by atoms with Crippen molar-refractivity contribution in [2.24, 2.45) is 0 Å². The lowest BCUT2D eigenvalue weighted by atomic mass is 10.1. The molecule has 0 radical (unpaired) electrons. The van der Waals surface area contributed by atoms with Crippen LogP contribution in [0.3, 0.4) is 0 Å². The van der Waals surface area contributed by atoms with E-state index in [2.05, 4.69) is 51.7 Å². The fraction of sp³-hybridized carbons (Fsp3) is 0.400. The first-order valence-corrected chi connectivity index (χ1v) is 7.03. The Bertz CT molecular complexity index is 590. The molecule has 1 aromatic heterocycles. The molecule has 0 saturated carbocycles. The molecule has 0 aliphatic rings. The molecule has 0 saturated heterocycles. The molecule has 21 heavy (non-hydrogen) atoms. The second-order valence-electron chi connectivity index (χ2n) is 5.02. The number of amides is 2. The van der Waals surface area contributed by atoms with Crippen molar-refractivity contribution >= 4 is 6.03 Å². The van der Waals surface area contributed by atoms with E-state index in [1.54, 1.807) is 11.9 Å². The van der Waals surface area contributed by atoms with Crippen molar-refractivity contribution in [1.82, 2.24) is 25.4 Å². The van der Waals surface area contributed by atoms with Gasteiger partial charge in [-0.25, -0.2) is 9.78 Å². The standard InChI is InChI=1S/C15H21N5O/c1-4-12-5-7-13(8-6-12)10-20(3)15(21)16-9-14-17-11(2)18-19-14/h5-8H,4,9-10H2,1-3H3,(H,16,21)(H,17,18,19). The highest BCUT2D eigenvalue weighted by atomic mass is 16.2. The maximum Gasteiger partial charge on any atom is 0.317 e. The zero-order valence-electron chi connectivity index (χ0n) is 12.7. The number of urea groups is 1. The molecule has 0 unspecified atom stereocenters. The molecular weight excluding hydrogens is 266 g/mol. The number of H-pyrrole nitrogens is 1. The summed E-state index contributed by atoms with van der Waals surface area (Å²) in [5, 5.41) is 9.52. The van der Waals surface area contributed by atoms with Gasteiger partial charge in [-0.3, -0.25) is 5.10 Å². The van der Waals surface area contributed by atoms with Crippen LogP contribution in [0.2, 0.25) is 0 Å². The van der Waals surface area contributed by atoms with Gasteiger partial charge in [-0.05, 0) is 24.5 Å². The van der Waals surface area contributed by atoms with Gasteiger partial charge in [0.05, 0.1) is 6.54 Å². The number of aromatic nitrogens is 3. The van der Waals surface area contributed by atoms with E-state index < -0.39 is 0 Å². The Morgan fingerprint density at radius 2 is 1.95 bits per heavy atom. The first kappa shape index (κ1) is 15.0. The minimum absolute atomic E-state index is 0.142. The second kappa shape index (κ2) is 6.88. The van der Waals surface area contributed by atoms with Gasteiger partial charge in [0.15, 0.2) is 5.82 Å². The van der Waals surface area contributed by atoms with E-state index in [9.17, 15) is 4.79 Å². The van der Waals surface area contributed by atoms with Crippen molar-refractivity contribution in [1.29, 1.82) is 0 Å². The number of aryl methyl sites for hydroxylation is 2. The first-order chi connectivity index (χ1) is 10.1. The van der Waals surface area contributed by atoms with Gasteiger partial charge in [-0.1, -0.05) is 31.2 Å². The number of hydrogen-bond donors (Lipinski definition) is 2. The summed E-state index contributed by atoms with van der Waals surface area (Å²) >= 11 is 0. The van der Waals surface area contributed by atoms with Crippen molar-refractivity contribution < 1.29 is 4.79 Å². The van der Waals surface area contributed by atoms with Gasteiger partial charge in [0.2, 0.25) is 0 Å². The maximum absolute atomic E-state index is 12.0. The molecule has 6 heteroatoms. The van der Waals surface area contributed by atoms with E-state index in [4.69, 9.17) is 0 Å². The monoisotopic (exact) mass is 287 g/mol. The van der Waals surface area contributed by atoms with Crippen LogP contribution in [0.25, 0.3) is 0 Å². The molecule has 0 atom stereocenters. The van der Waals surface area contributed by atoms with Gasteiger partial charge in [0.25, 0.3) is 0 Å². The molecule has 0 aliphatic heterocycles. The summed E-state index contributed by atoms with van der Waals surface area (Å²) in [6.07, 6.45) is 1.02. The van der Waals surface area contributed by atoms with Gasteiger partial charge >= 0.3 is 6.03 Å². The van der Waals surface area contributed by atoms with Crippen LogP contribution in [-0.4, -0.2) is 33.2 Å². The normalized spacial score (nSPS) is 10.4. The van der Waals surface area contributed by atoms with Crippen LogP contribution in [0, 0.1) is 6.92 Å². The fourth-order valence-corrected chi connectivity index (χ4v) is 1.98. The summed E-state index contributed by atoms with van der Waals surface area (Å²) in [7, 11) is 1.77. The van der Waals surface area contributed by atoms with Crippen LogP contribution in [0.1, 0.15) is 29.7 Å². The average Bonchev–Trinajstić information content (AvgIpc) is 2.91. The Kier molecular flexibility index (Phi) is 4.92. The first-order valence-electron chi connectivity index (χ1n) is 7.03. The Morgan fingerprint density at radius 3 is 2.52 bits per heavy atom. The summed E-state index contributed by atoms with van der Waals surface area (Å²) in [6, 6.07) is 8.16. The number of nitrogens with zero attached hydrogens (tertiary/aromatic N) is 3. The Balaban J connectivity index is 1.83. The highest BCUT2D eigenvalue weighted by Gasteiger charge is 2.10. The summed E-state index contributed by atoms with van der Waals surface area (Å²) in [6.45, 7) is 4.84. The largest absolute Gasteiger partial charge is 0.331 e. The summed E-state index contributed by atoms with van der Waals surface area (Å²) in [5.74, 6) is 1.32. The van der Waals surface area contributed by atoms with E-state index in [-0.39, 0.29) is 6.03 Å². The van der Waals surface area contributed by atoms with Crippen molar-refractivity contribution in [2.75, 3.05) is 7.05 Å². The number of rotatable bonds is 5. The SMILES string of the molecule is CCc1ccc(CN(C)C(=O)NCc2n[nH]c(C)n2)cc1. The molecule has 0 fully saturated rings. The number of nitrogens with one attached hydrogen (secondary N) is 2.